The van der Waals surface area contributed by atoms with Crippen LogP contribution in [-0.2, 0) is 7.05 Å². The number of nitrogens with one attached hydrogen (secondary N) is 2. The van der Waals surface area contributed by atoms with Crippen LogP contribution >= 0.6 is 0 Å². The third kappa shape index (κ3) is 2.94. The number of hydrogen-bond donors (Lipinski definition) is 2. The summed E-state index contributed by atoms with van der Waals surface area (Å²) in [6.45, 7) is 2.80. The molecule has 0 radical (unpaired) electrons. The van der Waals surface area contributed by atoms with Crippen LogP contribution in [-0.4, -0.2) is 34.3 Å². The molecule has 0 unspecified atom stereocenters. The van der Waals surface area contributed by atoms with Crippen molar-refractivity contribution >= 4 is 11.5 Å². The van der Waals surface area contributed by atoms with Gasteiger partial charge in [0.25, 0.3) is 0 Å². The van der Waals surface area contributed by atoms with E-state index in [1.807, 2.05) is 0 Å². The van der Waals surface area contributed by atoms with Crippen LogP contribution in [0.5, 0.6) is 0 Å². The Labute approximate surface area is 99.3 Å². The van der Waals surface area contributed by atoms with Gasteiger partial charge in [-0.1, -0.05) is 0 Å². The van der Waals surface area contributed by atoms with Gasteiger partial charge in [-0.3, -0.25) is 14.8 Å². The summed E-state index contributed by atoms with van der Waals surface area (Å²) in [6.07, 6.45) is 3.63. The van der Waals surface area contributed by atoms with Crippen LogP contribution in [0.1, 0.15) is 12.8 Å². The second-order valence-electron chi connectivity index (χ2n) is 4.37. The summed E-state index contributed by atoms with van der Waals surface area (Å²) in [5, 5.41) is 21.2. The van der Waals surface area contributed by atoms with Crippen LogP contribution in [0.4, 0.5) is 11.5 Å². The van der Waals surface area contributed by atoms with Gasteiger partial charge in [0, 0.05) is 13.6 Å². The Morgan fingerprint density at radius 1 is 1.65 bits per heavy atom. The SMILES string of the molecule is Cn1cc([N+](=O)[O-])c(NCC2CCNCC2)n1. The van der Waals surface area contributed by atoms with E-state index in [0.29, 0.717) is 11.7 Å². The van der Waals surface area contributed by atoms with E-state index in [2.05, 4.69) is 15.7 Å². The minimum absolute atomic E-state index is 0.0430. The van der Waals surface area contributed by atoms with E-state index in [0.717, 1.165) is 32.5 Å². The highest BCUT2D eigenvalue weighted by Gasteiger charge is 2.20. The zero-order chi connectivity index (χ0) is 12.3. The molecular formula is C10H17N5O2. The summed E-state index contributed by atoms with van der Waals surface area (Å²) in [5.74, 6) is 0.939. The lowest BCUT2D eigenvalue weighted by molar-refractivity contribution is -0.384. The largest absolute Gasteiger partial charge is 0.363 e. The number of aryl methyl sites for hydroxylation is 1. The highest BCUT2D eigenvalue weighted by Crippen LogP contribution is 2.22. The first-order valence-corrected chi connectivity index (χ1v) is 5.79. The zero-order valence-corrected chi connectivity index (χ0v) is 9.85. The molecule has 17 heavy (non-hydrogen) atoms. The molecule has 1 aromatic rings. The van der Waals surface area contributed by atoms with Crippen molar-refractivity contribution in [3.05, 3.63) is 16.3 Å². The lowest BCUT2D eigenvalue weighted by atomic mass is 9.98. The summed E-state index contributed by atoms with van der Waals surface area (Å²) in [4.78, 5) is 10.4. The third-order valence-electron chi connectivity index (χ3n) is 3.02. The van der Waals surface area contributed by atoms with Crippen molar-refractivity contribution in [3.63, 3.8) is 0 Å². The minimum atomic E-state index is -0.405. The number of nitrogens with zero attached hydrogens (tertiary/aromatic N) is 3. The summed E-state index contributed by atoms with van der Waals surface area (Å²) >= 11 is 0. The maximum absolute atomic E-state index is 10.8. The van der Waals surface area contributed by atoms with Gasteiger partial charge in [0.15, 0.2) is 0 Å². The van der Waals surface area contributed by atoms with Crippen LogP contribution in [0.3, 0.4) is 0 Å². The first kappa shape index (κ1) is 11.8. The van der Waals surface area contributed by atoms with E-state index in [1.54, 1.807) is 7.05 Å². The molecule has 2 N–H and O–H groups in total. The maximum atomic E-state index is 10.8. The third-order valence-corrected chi connectivity index (χ3v) is 3.02. The Balaban J connectivity index is 1.95. The molecule has 0 saturated carbocycles. The van der Waals surface area contributed by atoms with Crippen molar-refractivity contribution < 1.29 is 4.92 Å². The van der Waals surface area contributed by atoms with Crippen molar-refractivity contribution in [1.29, 1.82) is 0 Å². The first-order valence-electron chi connectivity index (χ1n) is 5.79. The molecular weight excluding hydrogens is 222 g/mol. The molecule has 1 aromatic heterocycles. The van der Waals surface area contributed by atoms with Gasteiger partial charge in [0.2, 0.25) is 5.82 Å². The number of nitro groups is 1. The number of rotatable bonds is 4. The highest BCUT2D eigenvalue weighted by atomic mass is 16.6. The smallest absolute Gasteiger partial charge is 0.330 e. The van der Waals surface area contributed by atoms with Gasteiger partial charge in [0.1, 0.15) is 6.20 Å². The molecule has 0 spiro atoms. The number of hydrogen-bond acceptors (Lipinski definition) is 5. The van der Waals surface area contributed by atoms with Crippen LogP contribution in [0.15, 0.2) is 6.20 Å². The van der Waals surface area contributed by atoms with Gasteiger partial charge < -0.3 is 10.6 Å². The molecule has 94 valence electrons. The van der Waals surface area contributed by atoms with E-state index in [9.17, 15) is 10.1 Å². The van der Waals surface area contributed by atoms with E-state index in [1.165, 1.54) is 10.9 Å². The zero-order valence-electron chi connectivity index (χ0n) is 9.85. The average Bonchev–Trinajstić information content (AvgIpc) is 2.69. The second kappa shape index (κ2) is 5.13. The van der Waals surface area contributed by atoms with E-state index in [-0.39, 0.29) is 5.69 Å². The predicted octanol–water partition coefficient (Wildman–Crippen LogP) is 0.740. The Morgan fingerprint density at radius 2 is 2.35 bits per heavy atom. The Morgan fingerprint density at radius 3 is 3.00 bits per heavy atom. The molecule has 1 saturated heterocycles. The topological polar surface area (TPSA) is 85.0 Å². The fourth-order valence-corrected chi connectivity index (χ4v) is 2.06. The van der Waals surface area contributed by atoms with Crippen LogP contribution < -0.4 is 10.6 Å². The van der Waals surface area contributed by atoms with Crippen molar-refractivity contribution in [3.8, 4) is 0 Å². The molecule has 0 amide bonds. The minimum Gasteiger partial charge on any atom is -0.363 e. The Hall–Kier alpha value is -1.63. The lowest BCUT2D eigenvalue weighted by Crippen LogP contribution is -2.31. The molecule has 0 aliphatic carbocycles. The average molecular weight is 239 g/mol. The normalized spacial score (nSPS) is 17.0. The summed E-state index contributed by atoms with van der Waals surface area (Å²) in [6, 6.07) is 0. The monoisotopic (exact) mass is 239 g/mol. The summed E-state index contributed by atoms with van der Waals surface area (Å²) < 4.78 is 1.46. The number of piperidine rings is 1. The molecule has 7 nitrogen and oxygen atoms in total. The van der Waals surface area contributed by atoms with Crippen LogP contribution in [0.25, 0.3) is 0 Å². The van der Waals surface area contributed by atoms with Crippen molar-refractivity contribution in [2.75, 3.05) is 25.0 Å². The molecule has 2 heterocycles. The van der Waals surface area contributed by atoms with Gasteiger partial charge in [-0.05, 0) is 31.8 Å². The quantitative estimate of drug-likeness (QED) is 0.598. The van der Waals surface area contributed by atoms with E-state index in [4.69, 9.17) is 0 Å². The van der Waals surface area contributed by atoms with Gasteiger partial charge in [0.05, 0.1) is 4.92 Å². The number of aromatic nitrogens is 2. The molecule has 2 rings (SSSR count). The van der Waals surface area contributed by atoms with Crippen LogP contribution in [0, 0.1) is 16.0 Å². The van der Waals surface area contributed by atoms with E-state index < -0.39 is 4.92 Å². The molecule has 0 aromatic carbocycles. The predicted molar refractivity (Wildman–Crippen MR) is 63.9 cm³/mol. The Kier molecular flexibility index (Phi) is 3.58. The van der Waals surface area contributed by atoms with Gasteiger partial charge in [-0.2, -0.15) is 0 Å². The van der Waals surface area contributed by atoms with Gasteiger partial charge in [-0.15, -0.1) is 5.10 Å². The van der Waals surface area contributed by atoms with Crippen molar-refractivity contribution in [2.24, 2.45) is 13.0 Å². The fraction of sp³-hybridized carbons (Fsp3) is 0.700. The Bertz CT molecular complexity index is 397. The first-order chi connectivity index (χ1) is 8.16. The standard InChI is InChI=1S/C10H17N5O2/c1-14-7-9(15(16)17)10(13-14)12-6-8-2-4-11-5-3-8/h7-8,11H,2-6H2,1H3,(H,12,13). The lowest BCUT2D eigenvalue weighted by Gasteiger charge is -2.22. The van der Waals surface area contributed by atoms with Gasteiger partial charge >= 0.3 is 5.69 Å². The number of anilines is 1. The summed E-state index contributed by atoms with van der Waals surface area (Å²) in [5.41, 5.74) is 0.0430. The van der Waals surface area contributed by atoms with Gasteiger partial charge in [-0.25, -0.2) is 0 Å². The fourth-order valence-electron chi connectivity index (χ4n) is 2.06. The van der Waals surface area contributed by atoms with Crippen molar-refractivity contribution in [2.45, 2.75) is 12.8 Å². The summed E-state index contributed by atoms with van der Waals surface area (Å²) in [7, 11) is 1.68. The molecule has 0 bridgehead atoms. The highest BCUT2D eigenvalue weighted by molar-refractivity contribution is 5.54. The van der Waals surface area contributed by atoms with Crippen LogP contribution in [0.2, 0.25) is 0 Å². The second-order valence-corrected chi connectivity index (χ2v) is 4.37. The molecule has 1 aliphatic heterocycles. The maximum Gasteiger partial charge on any atom is 0.330 e. The molecule has 1 fully saturated rings. The molecule has 7 heteroatoms. The van der Waals surface area contributed by atoms with Crippen molar-refractivity contribution in [1.82, 2.24) is 15.1 Å². The molecule has 1 aliphatic rings. The molecule has 0 atom stereocenters. The van der Waals surface area contributed by atoms with E-state index >= 15 is 0 Å².